The highest BCUT2D eigenvalue weighted by atomic mass is 16.3. The van der Waals surface area contributed by atoms with E-state index in [9.17, 15) is 0 Å². The van der Waals surface area contributed by atoms with Gasteiger partial charge in [0.05, 0.1) is 23.0 Å². The first kappa shape index (κ1) is 28.3. The molecule has 0 saturated heterocycles. The smallest absolute Gasteiger partial charge is 0.134 e. The van der Waals surface area contributed by atoms with Crippen molar-refractivity contribution in [3.63, 3.8) is 0 Å². The summed E-state index contributed by atoms with van der Waals surface area (Å²) in [6.45, 7) is 0. The van der Waals surface area contributed by atoms with Crippen LogP contribution in [0.2, 0.25) is 0 Å². The summed E-state index contributed by atoms with van der Waals surface area (Å²) in [5.74, 6) is 1.15. The van der Waals surface area contributed by atoms with Crippen LogP contribution in [0.3, 0.4) is 0 Å². The molecule has 0 fully saturated rings. The van der Waals surface area contributed by atoms with E-state index in [0.717, 1.165) is 11.3 Å². The van der Waals surface area contributed by atoms with Gasteiger partial charge in [-0.1, -0.05) is 127 Å². The Labute approximate surface area is 295 Å². The van der Waals surface area contributed by atoms with Crippen molar-refractivity contribution in [3.05, 3.63) is 193 Å². The summed E-state index contributed by atoms with van der Waals surface area (Å²) >= 11 is 0. The number of para-hydroxylation sites is 3. The second kappa shape index (κ2) is 11.0. The minimum atomic E-state index is 0.0984. The lowest BCUT2D eigenvalue weighted by atomic mass is 9.85. The van der Waals surface area contributed by atoms with Crippen LogP contribution in [0.4, 0.5) is 11.4 Å². The lowest BCUT2D eigenvalue weighted by Crippen LogP contribution is -2.30. The van der Waals surface area contributed by atoms with Crippen molar-refractivity contribution in [2.24, 2.45) is 0 Å². The molecular weight excluding hydrogens is 621 g/mol. The summed E-state index contributed by atoms with van der Waals surface area (Å²) in [7, 11) is 0. The second-order valence-corrected chi connectivity index (χ2v) is 13.7. The van der Waals surface area contributed by atoms with Crippen LogP contribution in [0.25, 0.3) is 66.8 Å². The molecule has 3 heterocycles. The Bertz CT molecular complexity index is 2810. The van der Waals surface area contributed by atoms with E-state index < -0.39 is 0 Å². The number of aromatic nitrogens is 1. The van der Waals surface area contributed by atoms with Crippen LogP contribution in [-0.4, -0.2) is 10.6 Å². The van der Waals surface area contributed by atoms with Crippen LogP contribution < -0.4 is 4.90 Å². The number of anilines is 2. The largest absolute Gasteiger partial charge is 0.460 e. The Morgan fingerprint density at radius 1 is 0.471 bits per heavy atom. The van der Waals surface area contributed by atoms with E-state index in [2.05, 4.69) is 191 Å². The van der Waals surface area contributed by atoms with Gasteiger partial charge in [0, 0.05) is 38.8 Å². The van der Waals surface area contributed by atoms with E-state index >= 15 is 0 Å². The molecule has 51 heavy (non-hydrogen) atoms. The fourth-order valence-corrected chi connectivity index (χ4v) is 8.63. The lowest BCUT2D eigenvalue weighted by Gasteiger charge is -2.30. The van der Waals surface area contributed by atoms with Crippen LogP contribution in [0.5, 0.6) is 0 Å². The quantitative estimate of drug-likeness (QED) is 0.189. The molecule has 9 aromatic rings. The Balaban J connectivity index is 1.02. The molecule has 240 valence electrons. The molecule has 0 saturated carbocycles. The molecule has 2 atom stereocenters. The SMILES string of the molecule is C1=CC2C(c3ccc(-c4ccccc4)cc3N2c2ccc(-c3ccc4c(c3)c3ccccc3n4-c3ccccc3)cc2)c2oc3ccccc3c21. The lowest BCUT2D eigenvalue weighted by molar-refractivity contribution is 0.505. The minimum absolute atomic E-state index is 0.0984. The van der Waals surface area contributed by atoms with Gasteiger partial charge in [-0.3, -0.25) is 0 Å². The summed E-state index contributed by atoms with van der Waals surface area (Å²) in [5, 5.41) is 3.70. The van der Waals surface area contributed by atoms with Gasteiger partial charge in [-0.15, -0.1) is 0 Å². The molecule has 1 aliphatic heterocycles. The normalized spacial score (nSPS) is 16.1. The zero-order valence-corrected chi connectivity index (χ0v) is 27.8. The maximum Gasteiger partial charge on any atom is 0.134 e. The molecule has 0 N–H and O–H groups in total. The number of hydrogen-bond donors (Lipinski definition) is 0. The topological polar surface area (TPSA) is 21.3 Å². The van der Waals surface area contributed by atoms with Gasteiger partial charge in [-0.05, 0) is 82.4 Å². The fraction of sp³-hybridized carbons (Fsp3) is 0.0417. The predicted octanol–water partition coefficient (Wildman–Crippen LogP) is 12.5. The monoisotopic (exact) mass is 652 g/mol. The zero-order chi connectivity index (χ0) is 33.5. The van der Waals surface area contributed by atoms with Crippen LogP contribution in [-0.2, 0) is 0 Å². The van der Waals surface area contributed by atoms with Crippen LogP contribution in [0, 0.1) is 0 Å². The third-order valence-corrected chi connectivity index (χ3v) is 10.9. The first-order valence-corrected chi connectivity index (χ1v) is 17.7. The zero-order valence-electron chi connectivity index (χ0n) is 27.8. The van der Waals surface area contributed by atoms with Crippen molar-refractivity contribution in [1.29, 1.82) is 0 Å². The summed E-state index contributed by atoms with van der Waals surface area (Å²) in [6, 6.07) is 61.5. The fourth-order valence-electron chi connectivity index (χ4n) is 8.63. The van der Waals surface area contributed by atoms with Crippen LogP contribution in [0.1, 0.15) is 22.8 Å². The molecule has 7 aromatic carbocycles. The van der Waals surface area contributed by atoms with Gasteiger partial charge < -0.3 is 13.9 Å². The molecule has 0 amide bonds. The van der Waals surface area contributed by atoms with Crippen molar-refractivity contribution in [2.75, 3.05) is 4.90 Å². The maximum atomic E-state index is 6.65. The Hall–Kier alpha value is -6.58. The van der Waals surface area contributed by atoms with E-state index in [1.165, 1.54) is 77.6 Å². The van der Waals surface area contributed by atoms with Gasteiger partial charge >= 0.3 is 0 Å². The average molecular weight is 653 g/mol. The minimum Gasteiger partial charge on any atom is -0.460 e. The number of hydrogen-bond acceptors (Lipinski definition) is 2. The van der Waals surface area contributed by atoms with Crippen molar-refractivity contribution < 1.29 is 4.42 Å². The van der Waals surface area contributed by atoms with E-state index in [-0.39, 0.29) is 12.0 Å². The van der Waals surface area contributed by atoms with Gasteiger partial charge in [0.1, 0.15) is 11.3 Å². The van der Waals surface area contributed by atoms with E-state index in [4.69, 9.17) is 4.42 Å². The standard InChI is InChI=1S/C48H32N2O/c1-3-11-31(12-4-1)34-21-25-40-45(30-34)50(44-28-26-39-38-16-8-10-18-46(38)51-48(39)47(40)44)36-23-19-32(20-24-36)33-22-27-43-41(29-33)37-15-7-9-17-42(37)49(43)35-13-5-2-6-14-35/h1-30,44,47H. The van der Waals surface area contributed by atoms with Gasteiger partial charge in [-0.25, -0.2) is 0 Å². The molecule has 0 spiro atoms. The molecule has 3 nitrogen and oxygen atoms in total. The summed E-state index contributed by atoms with van der Waals surface area (Å²) in [5.41, 5.74) is 14.3. The maximum absolute atomic E-state index is 6.65. The number of rotatable bonds is 4. The van der Waals surface area contributed by atoms with Crippen molar-refractivity contribution in [2.45, 2.75) is 12.0 Å². The summed E-state index contributed by atoms with van der Waals surface area (Å²) < 4.78 is 9.02. The van der Waals surface area contributed by atoms with Gasteiger partial charge in [0.15, 0.2) is 0 Å². The molecule has 2 aromatic heterocycles. The first-order chi connectivity index (χ1) is 25.3. The molecule has 2 aliphatic rings. The van der Waals surface area contributed by atoms with Gasteiger partial charge in [0.25, 0.3) is 0 Å². The Morgan fingerprint density at radius 3 is 1.96 bits per heavy atom. The molecule has 0 bridgehead atoms. The second-order valence-electron chi connectivity index (χ2n) is 13.7. The number of fused-ring (bicyclic) bond motifs is 10. The van der Waals surface area contributed by atoms with Crippen LogP contribution >= 0.6 is 0 Å². The third-order valence-electron chi connectivity index (χ3n) is 10.9. The predicted molar refractivity (Wildman–Crippen MR) is 211 cm³/mol. The first-order valence-electron chi connectivity index (χ1n) is 17.7. The van der Waals surface area contributed by atoms with Gasteiger partial charge in [-0.2, -0.15) is 0 Å². The average Bonchev–Trinajstić information content (AvgIpc) is 3.86. The Morgan fingerprint density at radius 2 is 1.12 bits per heavy atom. The van der Waals surface area contributed by atoms with E-state index in [0.29, 0.717) is 0 Å². The molecule has 2 unspecified atom stereocenters. The van der Waals surface area contributed by atoms with Crippen molar-refractivity contribution >= 4 is 50.2 Å². The molecule has 0 radical (unpaired) electrons. The van der Waals surface area contributed by atoms with E-state index in [1.54, 1.807) is 0 Å². The number of nitrogens with zero attached hydrogens (tertiary/aromatic N) is 2. The molecular formula is C48H32N2O. The summed E-state index contributed by atoms with van der Waals surface area (Å²) in [6.07, 6.45) is 4.65. The number of furan rings is 1. The summed E-state index contributed by atoms with van der Waals surface area (Å²) in [4.78, 5) is 2.51. The van der Waals surface area contributed by atoms with E-state index in [1.807, 2.05) is 0 Å². The number of benzene rings is 7. The Kier molecular flexibility index (Phi) is 6.08. The van der Waals surface area contributed by atoms with Crippen molar-refractivity contribution in [3.8, 4) is 27.9 Å². The van der Waals surface area contributed by atoms with Crippen molar-refractivity contribution in [1.82, 2.24) is 4.57 Å². The highest BCUT2D eigenvalue weighted by Gasteiger charge is 2.44. The van der Waals surface area contributed by atoms with Gasteiger partial charge in [0.2, 0.25) is 0 Å². The third kappa shape index (κ3) is 4.25. The molecule has 11 rings (SSSR count). The van der Waals surface area contributed by atoms with Crippen LogP contribution in [0.15, 0.2) is 180 Å². The highest BCUT2D eigenvalue weighted by molar-refractivity contribution is 6.10. The molecule has 1 aliphatic carbocycles. The molecule has 3 heteroatoms. The highest BCUT2D eigenvalue weighted by Crippen LogP contribution is 2.54.